The van der Waals surface area contributed by atoms with Crippen LogP contribution in [0.3, 0.4) is 0 Å². The summed E-state index contributed by atoms with van der Waals surface area (Å²) < 4.78 is 5.10. The van der Waals surface area contributed by atoms with Crippen molar-refractivity contribution in [1.82, 2.24) is 5.32 Å². The van der Waals surface area contributed by atoms with E-state index in [-0.39, 0.29) is 0 Å². The first-order chi connectivity index (χ1) is 7.27. The molecule has 0 aromatic carbocycles. The molecule has 3 heteroatoms. The largest absolute Gasteiger partial charge is 0.384 e. The van der Waals surface area contributed by atoms with Crippen molar-refractivity contribution in [2.45, 2.75) is 26.8 Å². The second kappa shape index (κ2) is 6.99. The molecule has 0 amide bonds. The molecule has 0 saturated carbocycles. The van der Waals surface area contributed by atoms with E-state index in [0.29, 0.717) is 5.92 Å². The van der Waals surface area contributed by atoms with E-state index in [0.717, 1.165) is 26.1 Å². The fraction of sp³-hybridized carbons (Fsp3) is 0.667. The maximum absolute atomic E-state index is 5.10. The Bertz CT molecular complexity index is 272. The predicted molar refractivity (Wildman–Crippen MR) is 66.4 cm³/mol. The molecule has 0 spiro atoms. The van der Waals surface area contributed by atoms with Gasteiger partial charge in [-0.2, -0.15) is 0 Å². The maximum Gasteiger partial charge on any atom is 0.0499 e. The minimum absolute atomic E-state index is 0.583. The Morgan fingerprint density at radius 3 is 3.00 bits per heavy atom. The first kappa shape index (κ1) is 12.7. The van der Waals surface area contributed by atoms with Crippen molar-refractivity contribution in [3.63, 3.8) is 0 Å². The lowest BCUT2D eigenvalue weighted by Gasteiger charge is -2.11. The zero-order chi connectivity index (χ0) is 11.1. The van der Waals surface area contributed by atoms with Crippen LogP contribution in [-0.2, 0) is 17.7 Å². The molecule has 0 fully saturated rings. The summed E-state index contributed by atoms with van der Waals surface area (Å²) in [6.45, 7) is 7.26. The fourth-order valence-electron chi connectivity index (χ4n) is 1.61. The summed E-state index contributed by atoms with van der Waals surface area (Å²) in [5, 5.41) is 5.65. The number of hydrogen-bond donors (Lipinski definition) is 1. The standard InChI is InChI=1S/C12H21NOS/c1-4-11-5-6-15-12(11)8-13-7-10(2)9-14-3/h5-6,10,13H,4,7-9H2,1-3H3. The van der Waals surface area contributed by atoms with Crippen LogP contribution in [0.15, 0.2) is 11.4 Å². The van der Waals surface area contributed by atoms with Crippen LogP contribution in [0, 0.1) is 5.92 Å². The molecule has 15 heavy (non-hydrogen) atoms. The summed E-state index contributed by atoms with van der Waals surface area (Å²) in [4.78, 5) is 1.47. The molecule has 0 radical (unpaired) electrons. The number of methoxy groups -OCH3 is 1. The van der Waals surface area contributed by atoms with Crippen LogP contribution in [0.5, 0.6) is 0 Å². The number of aryl methyl sites for hydroxylation is 1. The van der Waals surface area contributed by atoms with Crippen molar-refractivity contribution in [1.29, 1.82) is 0 Å². The van der Waals surface area contributed by atoms with E-state index in [4.69, 9.17) is 4.74 Å². The summed E-state index contributed by atoms with van der Waals surface area (Å²) in [5.74, 6) is 0.583. The molecule has 1 aromatic heterocycles. The highest BCUT2D eigenvalue weighted by Gasteiger charge is 2.04. The Labute approximate surface area is 96.7 Å². The van der Waals surface area contributed by atoms with Gasteiger partial charge in [-0.3, -0.25) is 0 Å². The molecule has 0 aliphatic heterocycles. The predicted octanol–water partition coefficient (Wildman–Crippen LogP) is 2.68. The topological polar surface area (TPSA) is 21.3 Å². The van der Waals surface area contributed by atoms with E-state index in [1.165, 1.54) is 10.4 Å². The van der Waals surface area contributed by atoms with Crippen LogP contribution >= 0.6 is 11.3 Å². The average molecular weight is 227 g/mol. The fourth-order valence-corrected chi connectivity index (χ4v) is 2.56. The SMILES string of the molecule is CCc1ccsc1CNCC(C)COC. The Morgan fingerprint density at radius 2 is 2.33 bits per heavy atom. The maximum atomic E-state index is 5.10. The van der Waals surface area contributed by atoms with Crippen LogP contribution in [0.2, 0.25) is 0 Å². The van der Waals surface area contributed by atoms with Gasteiger partial charge in [-0.1, -0.05) is 13.8 Å². The Morgan fingerprint density at radius 1 is 1.53 bits per heavy atom. The van der Waals surface area contributed by atoms with Gasteiger partial charge in [0.15, 0.2) is 0 Å². The molecule has 1 aromatic rings. The van der Waals surface area contributed by atoms with E-state index >= 15 is 0 Å². The van der Waals surface area contributed by atoms with Gasteiger partial charge in [0, 0.05) is 31.7 Å². The third-order valence-corrected chi connectivity index (χ3v) is 3.41. The minimum Gasteiger partial charge on any atom is -0.384 e. The van der Waals surface area contributed by atoms with E-state index in [2.05, 4.69) is 30.6 Å². The zero-order valence-electron chi connectivity index (χ0n) is 9.88. The molecule has 1 rings (SSSR count). The molecular weight excluding hydrogens is 206 g/mol. The van der Waals surface area contributed by atoms with Crippen LogP contribution in [0.25, 0.3) is 0 Å². The first-order valence-electron chi connectivity index (χ1n) is 5.52. The highest BCUT2D eigenvalue weighted by molar-refractivity contribution is 7.10. The molecule has 1 unspecified atom stereocenters. The molecule has 1 atom stereocenters. The molecule has 0 bridgehead atoms. The smallest absolute Gasteiger partial charge is 0.0499 e. The lowest BCUT2D eigenvalue weighted by Crippen LogP contribution is -2.23. The van der Waals surface area contributed by atoms with Crippen LogP contribution < -0.4 is 5.32 Å². The number of ether oxygens (including phenoxy) is 1. The van der Waals surface area contributed by atoms with Gasteiger partial charge in [-0.25, -0.2) is 0 Å². The van der Waals surface area contributed by atoms with E-state index in [1.807, 2.05) is 11.3 Å². The highest BCUT2D eigenvalue weighted by Crippen LogP contribution is 2.16. The monoisotopic (exact) mass is 227 g/mol. The van der Waals surface area contributed by atoms with Crippen molar-refractivity contribution >= 4 is 11.3 Å². The minimum atomic E-state index is 0.583. The first-order valence-corrected chi connectivity index (χ1v) is 6.40. The summed E-state index contributed by atoms with van der Waals surface area (Å²) in [7, 11) is 1.75. The second-order valence-electron chi connectivity index (χ2n) is 3.91. The number of hydrogen-bond acceptors (Lipinski definition) is 3. The normalized spacial score (nSPS) is 13.0. The van der Waals surface area contributed by atoms with E-state index in [9.17, 15) is 0 Å². The van der Waals surface area contributed by atoms with Gasteiger partial charge in [-0.15, -0.1) is 11.3 Å². The van der Waals surface area contributed by atoms with Gasteiger partial charge >= 0.3 is 0 Å². The van der Waals surface area contributed by atoms with Gasteiger partial charge in [-0.05, 0) is 29.3 Å². The van der Waals surface area contributed by atoms with Crippen molar-refractivity contribution in [2.24, 2.45) is 5.92 Å². The Balaban J connectivity index is 2.25. The summed E-state index contributed by atoms with van der Waals surface area (Å²) >= 11 is 1.85. The Hall–Kier alpha value is -0.380. The zero-order valence-corrected chi connectivity index (χ0v) is 10.7. The molecular formula is C12H21NOS. The van der Waals surface area contributed by atoms with Gasteiger partial charge < -0.3 is 10.1 Å². The summed E-state index contributed by atoms with van der Waals surface area (Å²) in [6.07, 6.45) is 1.13. The highest BCUT2D eigenvalue weighted by atomic mass is 32.1. The number of rotatable bonds is 7. The van der Waals surface area contributed by atoms with Crippen molar-refractivity contribution < 1.29 is 4.74 Å². The molecule has 0 saturated heterocycles. The molecule has 2 nitrogen and oxygen atoms in total. The summed E-state index contributed by atoms with van der Waals surface area (Å²) in [5.41, 5.74) is 1.48. The lowest BCUT2D eigenvalue weighted by atomic mass is 10.2. The number of thiophene rings is 1. The molecule has 1 N–H and O–H groups in total. The van der Waals surface area contributed by atoms with Crippen molar-refractivity contribution in [2.75, 3.05) is 20.3 Å². The third-order valence-electron chi connectivity index (χ3n) is 2.45. The average Bonchev–Trinajstić information content (AvgIpc) is 2.66. The van der Waals surface area contributed by atoms with Crippen LogP contribution in [-0.4, -0.2) is 20.3 Å². The van der Waals surface area contributed by atoms with Crippen LogP contribution in [0.4, 0.5) is 0 Å². The molecule has 1 heterocycles. The second-order valence-corrected chi connectivity index (χ2v) is 4.91. The van der Waals surface area contributed by atoms with Gasteiger partial charge in [0.25, 0.3) is 0 Å². The quantitative estimate of drug-likeness (QED) is 0.773. The lowest BCUT2D eigenvalue weighted by molar-refractivity contribution is 0.158. The van der Waals surface area contributed by atoms with Crippen molar-refractivity contribution in [3.8, 4) is 0 Å². The molecule has 0 aliphatic rings. The summed E-state index contributed by atoms with van der Waals surface area (Å²) in [6, 6.07) is 2.22. The third kappa shape index (κ3) is 4.33. The van der Waals surface area contributed by atoms with E-state index in [1.54, 1.807) is 7.11 Å². The Kier molecular flexibility index (Phi) is 5.91. The molecule has 86 valence electrons. The van der Waals surface area contributed by atoms with Gasteiger partial charge in [0.05, 0.1) is 0 Å². The number of nitrogens with one attached hydrogen (secondary N) is 1. The van der Waals surface area contributed by atoms with Gasteiger partial charge in [0.2, 0.25) is 0 Å². The van der Waals surface area contributed by atoms with E-state index < -0.39 is 0 Å². The molecule has 0 aliphatic carbocycles. The van der Waals surface area contributed by atoms with Gasteiger partial charge in [0.1, 0.15) is 0 Å². The van der Waals surface area contributed by atoms with Crippen molar-refractivity contribution in [3.05, 3.63) is 21.9 Å². The van der Waals surface area contributed by atoms with Crippen LogP contribution in [0.1, 0.15) is 24.3 Å².